The first-order chi connectivity index (χ1) is 10.2. The number of nitrogens with one attached hydrogen (secondary N) is 1. The van der Waals surface area contributed by atoms with Gasteiger partial charge in [0, 0.05) is 36.4 Å². The zero-order chi connectivity index (χ0) is 14.8. The molecule has 0 saturated carbocycles. The minimum atomic E-state index is -0.849. The Morgan fingerprint density at radius 3 is 3.00 bits per heavy atom. The fraction of sp³-hybridized carbons (Fsp3) is 0.375. The Morgan fingerprint density at radius 2 is 2.24 bits per heavy atom. The van der Waals surface area contributed by atoms with Crippen LogP contribution >= 0.6 is 0 Å². The van der Waals surface area contributed by atoms with E-state index >= 15 is 0 Å². The number of hydrogen-bond donors (Lipinski definition) is 1. The fourth-order valence-corrected chi connectivity index (χ4v) is 2.97. The summed E-state index contributed by atoms with van der Waals surface area (Å²) in [5.41, 5.74) is 2.17. The number of benzene rings is 1. The third-order valence-electron chi connectivity index (χ3n) is 4.02. The van der Waals surface area contributed by atoms with Crippen molar-refractivity contribution in [2.45, 2.75) is 18.6 Å². The van der Waals surface area contributed by atoms with Gasteiger partial charge in [-0.05, 0) is 37.7 Å². The summed E-state index contributed by atoms with van der Waals surface area (Å²) in [6.45, 7) is 1.14. The molecular weight excluding hydrogens is 267 g/mol. The second-order valence-electron chi connectivity index (χ2n) is 5.37. The molecule has 1 aromatic carbocycles. The molecule has 2 unspecified atom stereocenters. The van der Waals surface area contributed by atoms with Crippen molar-refractivity contribution in [2.75, 3.05) is 25.0 Å². The van der Waals surface area contributed by atoms with Crippen LogP contribution < -0.4 is 10.2 Å². The maximum absolute atomic E-state index is 14.0. The van der Waals surface area contributed by atoms with Crippen molar-refractivity contribution >= 4 is 16.6 Å². The van der Waals surface area contributed by atoms with E-state index in [2.05, 4.69) is 16.4 Å². The van der Waals surface area contributed by atoms with E-state index in [-0.39, 0.29) is 6.04 Å². The number of likely N-dealkylation sites (N-methyl/N-ethyl adjacent to an activating group) is 1. The SMILES string of the molecule is CNC1CC(F)CN(c2ccc(C#N)c3ncccc23)C1. The molecule has 1 N–H and O–H groups in total. The number of aromatic nitrogens is 1. The lowest BCUT2D eigenvalue weighted by Gasteiger charge is -2.36. The maximum Gasteiger partial charge on any atom is 0.119 e. The van der Waals surface area contributed by atoms with E-state index in [1.54, 1.807) is 12.3 Å². The van der Waals surface area contributed by atoms with Crippen LogP contribution in [0.5, 0.6) is 0 Å². The number of alkyl halides is 1. The summed E-state index contributed by atoms with van der Waals surface area (Å²) in [4.78, 5) is 6.35. The summed E-state index contributed by atoms with van der Waals surface area (Å²) >= 11 is 0. The highest BCUT2D eigenvalue weighted by atomic mass is 19.1. The van der Waals surface area contributed by atoms with Gasteiger partial charge in [-0.15, -0.1) is 0 Å². The highest BCUT2D eigenvalue weighted by Gasteiger charge is 2.27. The molecule has 108 valence electrons. The highest BCUT2D eigenvalue weighted by Crippen LogP contribution is 2.30. The Labute approximate surface area is 123 Å². The van der Waals surface area contributed by atoms with E-state index in [1.807, 2.05) is 30.1 Å². The fourth-order valence-electron chi connectivity index (χ4n) is 2.97. The van der Waals surface area contributed by atoms with E-state index in [9.17, 15) is 9.65 Å². The number of nitrogens with zero attached hydrogens (tertiary/aromatic N) is 3. The van der Waals surface area contributed by atoms with Crippen LogP contribution in [0.15, 0.2) is 30.5 Å². The van der Waals surface area contributed by atoms with Crippen LogP contribution in [-0.2, 0) is 0 Å². The van der Waals surface area contributed by atoms with Gasteiger partial charge < -0.3 is 10.2 Å². The number of halogens is 1. The highest BCUT2D eigenvalue weighted by molar-refractivity contribution is 5.95. The van der Waals surface area contributed by atoms with E-state index in [1.165, 1.54) is 0 Å². The monoisotopic (exact) mass is 284 g/mol. The van der Waals surface area contributed by atoms with Gasteiger partial charge in [0.25, 0.3) is 0 Å². The first kappa shape index (κ1) is 13.8. The molecule has 0 spiro atoms. The van der Waals surface area contributed by atoms with Gasteiger partial charge in [0.1, 0.15) is 12.2 Å². The molecule has 1 aromatic heterocycles. The van der Waals surface area contributed by atoms with Gasteiger partial charge in [-0.2, -0.15) is 5.26 Å². The van der Waals surface area contributed by atoms with Crippen molar-refractivity contribution in [1.82, 2.24) is 10.3 Å². The number of pyridine rings is 1. The van der Waals surface area contributed by atoms with E-state index < -0.39 is 6.17 Å². The molecule has 1 aliphatic heterocycles. The summed E-state index contributed by atoms with van der Waals surface area (Å²) in [7, 11) is 1.86. The quantitative estimate of drug-likeness (QED) is 0.919. The average molecular weight is 284 g/mol. The summed E-state index contributed by atoms with van der Waals surface area (Å²) in [6, 6.07) is 9.74. The molecular formula is C16H17FN4. The van der Waals surface area contributed by atoms with Crippen molar-refractivity contribution < 1.29 is 4.39 Å². The van der Waals surface area contributed by atoms with Crippen LogP contribution in [0.1, 0.15) is 12.0 Å². The maximum atomic E-state index is 14.0. The van der Waals surface area contributed by atoms with Gasteiger partial charge in [-0.1, -0.05) is 0 Å². The number of rotatable bonds is 2. The number of fused-ring (bicyclic) bond motifs is 1. The predicted octanol–water partition coefficient (Wildman–Crippen LogP) is 2.24. The summed E-state index contributed by atoms with van der Waals surface area (Å²) in [5, 5.41) is 13.2. The van der Waals surface area contributed by atoms with Crippen molar-refractivity contribution in [1.29, 1.82) is 5.26 Å². The first-order valence-electron chi connectivity index (χ1n) is 7.07. The Hall–Kier alpha value is -2.19. The van der Waals surface area contributed by atoms with Crippen molar-refractivity contribution in [3.8, 4) is 6.07 Å². The normalized spacial score (nSPS) is 22.2. The van der Waals surface area contributed by atoms with Crippen molar-refractivity contribution in [3.05, 3.63) is 36.0 Å². The Kier molecular flexibility index (Phi) is 3.72. The largest absolute Gasteiger partial charge is 0.367 e. The van der Waals surface area contributed by atoms with Gasteiger partial charge in [0.15, 0.2) is 0 Å². The van der Waals surface area contributed by atoms with Crippen LogP contribution in [-0.4, -0.2) is 37.3 Å². The molecule has 0 radical (unpaired) electrons. The predicted molar refractivity (Wildman–Crippen MR) is 81.0 cm³/mol. The topological polar surface area (TPSA) is 52.0 Å². The number of nitriles is 1. The molecule has 0 aliphatic carbocycles. The Bertz CT molecular complexity index is 694. The summed E-state index contributed by atoms with van der Waals surface area (Å²) < 4.78 is 14.0. The molecule has 0 amide bonds. The van der Waals surface area contributed by atoms with Gasteiger partial charge in [-0.3, -0.25) is 4.98 Å². The number of piperidine rings is 1. The van der Waals surface area contributed by atoms with Crippen LogP contribution in [0, 0.1) is 11.3 Å². The van der Waals surface area contributed by atoms with E-state index in [0.717, 1.165) is 17.6 Å². The molecule has 2 atom stereocenters. The summed E-state index contributed by atoms with van der Waals surface area (Å²) in [6.07, 6.45) is 1.37. The molecule has 21 heavy (non-hydrogen) atoms. The van der Waals surface area contributed by atoms with E-state index in [4.69, 9.17) is 0 Å². The minimum absolute atomic E-state index is 0.135. The molecule has 4 nitrogen and oxygen atoms in total. The Balaban J connectivity index is 2.07. The molecule has 2 heterocycles. The third kappa shape index (κ3) is 2.55. The lowest BCUT2D eigenvalue weighted by atomic mass is 10.0. The second-order valence-corrected chi connectivity index (χ2v) is 5.37. The lowest BCUT2D eigenvalue weighted by molar-refractivity contribution is 0.255. The lowest BCUT2D eigenvalue weighted by Crippen LogP contribution is -2.49. The van der Waals surface area contributed by atoms with Crippen LogP contribution in [0.4, 0.5) is 10.1 Å². The first-order valence-corrected chi connectivity index (χ1v) is 7.07. The zero-order valence-corrected chi connectivity index (χ0v) is 11.9. The van der Waals surface area contributed by atoms with Gasteiger partial charge in [0.2, 0.25) is 0 Å². The van der Waals surface area contributed by atoms with Crippen LogP contribution in [0.2, 0.25) is 0 Å². The van der Waals surface area contributed by atoms with Crippen molar-refractivity contribution in [2.24, 2.45) is 0 Å². The second kappa shape index (κ2) is 5.66. The average Bonchev–Trinajstić information content (AvgIpc) is 2.53. The van der Waals surface area contributed by atoms with Gasteiger partial charge >= 0.3 is 0 Å². The van der Waals surface area contributed by atoms with Gasteiger partial charge in [-0.25, -0.2) is 4.39 Å². The zero-order valence-electron chi connectivity index (χ0n) is 11.9. The molecule has 1 fully saturated rings. The van der Waals surface area contributed by atoms with E-state index in [0.29, 0.717) is 24.0 Å². The standard InChI is InChI=1S/C16H17FN4/c1-19-13-7-12(17)9-21(10-13)15-5-4-11(8-18)16-14(15)3-2-6-20-16/h2-6,12-13,19H,7,9-10H2,1H3. The molecule has 2 aromatic rings. The van der Waals surface area contributed by atoms with Gasteiger partial charge in [0.05, 0.1) is 11.1 Å². The van der Waals surface area contributed by atoms with Crippen LogP contribution in [0.3, 0.4) is 0 Å². The summed E-state index contributed by atoms with van der Waals surface area (Å²) in [5.74, 6) is 0. The molecule has 1 aliphatic rings. The number of anilines is 1. The third-order valence-corrected chi connectivity index (χ3v) is 4.02. The molecule has 1 saturated heterocycles. The number of hydrogen-bond acceptors (Lipinski definition) is 4. The van der Waals surface area contributed by atoms with Crippen LogP contribution in [0.25, 0.3) is 10.9 Å². The van der Waals surface area contributed by atoms with Crippen molar-refractivity contribution in [3.63, 3.8) is 0 Å². The molecule has 0 bridgehead atoms. The smallest absolute Gasteiger partial charge is 0.119 e. The minimum Gasteiger partial charge on any atom is -0.367 e. The molecule has 3 rings (SSSR count). The Morgan fingerprint density at radius 1 is 1.38 bits per heavy atom. The molecule has 5 heteroatoms.